The molecule has 2 aliphatic rings. The lowest BCUT2D eigenvalue weighted by Gasteiger charge is -2.24. The second-order valence-corrected chi connectivity index (χ2v) is 15.3. The molecule has 1 N–H and O–H groups in total. The SMILES string of the molecule is CC1Nc2ccccc2N1c1cccc(-c2cccc(C3=CC(c4cccc(-c5nc(-c6ccccc6)nc(-c6ccc7c(c6)oc6ccccc67)n5)c4)=CCC3)c2)c1. The fourth-order valence-electron chi connectivity index (χ4n) is 8.58. The minimum Gasteiger partial charge on any atom is -0.456 e. The number of anilines is 3. The average molecular weight is 762 g/mol. The van der Waals surface area contributed by atoms with Gasteiger partial charge >= 0.3 is 0 Å². The summed E-state index contributed by atoms with van der Waals surface area (Å²) in [7, 11) is 0. The van der Waals surface area contributed by atoms with Crippen LogP contribution >= 0.6 is 0 Å². The Kier molecular flexibility index (Phi) is 8.47. The summed E-state index contributed by atoms with van der Waals surface area (Å²) in [6, 6.07) is 59.4. The van der Waals surface area contributed by atoms with Crippen LogP contribution in [0.5, 0.6) is 0 Å². The third kappa shape index (κ3) is 6.45. The van der Waals surface area contributed by atoms with Crippen molar-refractivity contribution in [2.24, 2.45) is 0 Å². The summed E-state index contributed by atoms with van der Waals surface area (Å²) < 4.78 is 6.25. The van der Waals surface area contributed by atoms with Gasteiger partial charge in [0.1, 0.15) is 17.3 Å². The monoisotopic (exact) mass is 761 g/mol. The number of benzene rings is 7. The molecule has 0 bridgehead atoms. The van der Waals surface area contributed by atoms with Gasteiger partial charge in [-0.15, -0.1) is 0 Å². The first-order valence-electron chi connectivity index (χ1n) is 20.2. The van der Waals surface area contributed by atoms with Gasteiger partial charge in [-0.2, -0.15) is 0 Å². The van der Waals surface area contributed by atoms with Crippen molar-refractivity contribution in [2.75, 3.05) is 10.2 Å². The van der Waals surface area contributed by atoms with Crippen molar-refractivity contribution >= 4 is 50.1 Å². The number of fused-ring (bicyclic) bond motifs is 4. The number of rotatable bonds is 7. The molecule has 0 fully saturated rings. The van der Waals surface area contributed by atoms with E-state index in [1.54, 1.807) is 0 Å². The smallest absolute Gasteiger partial charge is 0.164 e. The lowest BCUT2D eigenvalue weighted by Crippen LogP contribution is -2.28. The fourth-order valence-corrected chi connectivity index (χ4v) is 8.58. The summed E-state index contributed by atoms with van der Waals surface area (Å²) >= 11 is 0. The highest BCUT2D eigenvalue weighted by atomic mass is 16.3. The molecule has 1 aliphatic carbocycles. The standard InChI is InChI=1S/C53H39N5O/c1-34-54-47-24-6-7-25-48(47)58(34)44-22-12-20-41(32-44)39-18-10-16-37(30-39)36-15-9-17-38(29-36)40-19-11-21-42(31-40)52-55-51(35-13-3-2-4-14-35)56-53(57-52)43-27-28-46-45-23-5-8-26-49(45)59-50(46)33-43/h2-8,10-14,16-34,54H,9,15H2,1H3. The van der Waals surface area contributed by atoms with Gasteiger partial charge in [0.2, 0.25) is 0 Å². The first-order valence-corrected chi connectivity index (χ1v) is 20.2. The van der Waals surface area contributed by atoms with Gasteiger partial charge in [0.25, 0.3) is 0 Å². The minimum atomic E-state index is 0.168. The van der Waals surface area contributed by atoms with Crippen LogP contribution in [0.1, 0.15) is 30.9 Å². The van der Waals surface area contributed by atoms with E-state index < -0.39 is 0 Å². The van der Waals surface area contributed by atoms with E-state index in [2.05, 4.69) is 145 Å². The van der Waals surface area contributed by atoms with E-state index in [-0.39, 0.29) is 6.17 Å². The van der Waals surface area contributed by atoms with E-state index in [1.807, 2.05) is 54.6 Å². The number of allylic oxidation sites excluding steroid dienone is 4. The minimum absolute atomic E-state index is 0.168. The number of aromatic nitrogens is 3. The highest BCUT2D eigenvalue weighted by Crippen LogP contribution is 2.41. The summed E-state index contributed by atoms with van der Waals surface area (Å²) in [6.45, 7) is 2.21. The van der Waals surface area contributed by atoms with E-state index >= 15 is 0 Å². The zero-order valence-corrected chi connectivity index (χ0v) is 32.5. The molecule has 0 saturated heterocycles. The van der Waals surface area contributed by atoms with E-state index in [4.69, 9.17) is 19.4 Å². The quantitative estimate of drug-likeness (QED) is 0.174. The maximum atomic E-state index is 6.25. The third-order valence-corrected chi connectivity index (χ3v) is 11.5. The van der Waals surface area contributed by atoms with Crippen molar-refractivity contribution in [3.63, 3.8) is 0 Å². The maximum absolute atomic E-state index is 6.25. The Bertz CT molecular complexity index is 3130. The number of nitrogens with one attached hydrogen (secondary N) is 1. The molecule has 282 valence electrons. The van der Waals surface area contributed by atoms with Crippen LogP contribution in [-0.4, -0.2) is 21.1 Å². The van der Waals surface area contributed by atoms with Crippen molar-refractivity contribution < 1.29 is 4.42 Å². The Hall–Kier alpha value is -7.57. The van der Waals surface area contributed by atoms with Crippen LogP contribution in [0.2, 0.25) is 0 Å². The van der Waals surface area contributed by atoms with Crippen molar-refractivity contribution in [1.82, 2.24) is 15.0 Å². The van der Waals surface area contributed by atoms with Crippen LogP contribution in [0.25, 0.3) is 78.4 Å². The Morgan fingerprint density at radius 3 is 2.02 bits per heavy atom. The van der Waals surface area contributed by atoms with Crippen molar-refractivity contribution in [3.8, 4) is 45.3 Å². The highest BCUT2D eigenvalue weighted by molar-refractivity contribution is 6.05. The molecule has 2 aromatic heterocycles. The lowest BCUT2D eigenvalue weighted by atomic mass is 9.89. The molecule has 1 unspecified atom stereocenters. The summed E-state index contributed by atoms with van der Waals surface area (Å²) in [5, 5.41) is 5.78. The van der Waals surface area contributed by atoms with E-state index in [1.165, 1.54) is 44.9 Å². The number of para-hydroxylation sites is 3. The van der Waals surface area contributed by atoms with Gasteiger partial charge < -0.3 is 14.6 Å². The van der Waals surface area contributed by atoms with Gasteiger partial charge in [-0.05, 0) is 108 Å². The molecule has 3 heterocycles. The molecule has 6 nitrogen and oxygen atoms in total. The predicted molar refractivity (Wildman–Crippen MR) is 242 cm³/mol. The van der Waals surface area contributed by atoms with Crippen LogP contribution < -0.4 is 10.2 Å². The van der Waals surface area contributed by atoms with Gasteiger partial charge in [0.15, 0.2) is 17.5 Å². The Morgan fingerprint density at radius 1 is 0.525 bits per heavy atom. The van der Waals surface area contributed by atoms with Crippen LogP contribution in [-0.2, 0) is 0 Å². The predicted octanol–water partition coefficient (Wildman–Crippen LogP) is 13.6. The molecule has 1 atom stereocenters. The largest absolute Gasteiger partial charge is 0.456 e. The van der Waals surface area contributed by atoms with Gasteiger partial charge in [-0.25, -0.2) is 15.0 Å². The van der Waals surface area contributed by atoms with Gasteiger partial charge in [0.05, 0.1) is 11.4 Å². The van der Waals surface area contributed by atoms with Crippen LogP contribution in [0.4, 0.5) is 17.1 Å². The number of furan rings is 1. The molecule has 9 aromatic rings. The van der Waals surface area contributed by atoms with Crippen LogP contribution in [0.15, 0.2) is 186 Å². The molecule has 11 rings (SSSR count). The first kappa shape index (κ1) is 34.7. The van der Waals surface area contributed by atoms with Crippen molar-refractivity contribution in [2.45, 2.75) is 25.9 Å². The molecular formula is C53H39N5O. The van der Waals surface area contributed by atoms with Gasteiger partial charge in [-0.3, -0.25) is 0 Å². The number of hydrogen-bond acceptors (Lipinski definition) is 6. The number of hydrogen-bond donors (Lipinski definition) is 1. The molecule has 6 heteroatoms. The van der Waals surface area contributed by atoms with Gasteiger partial charge in [-0.1, -0.05) is 127 Å². The molecule has 1 aliphatic heterocycles. The molecule has 0 amide bonds. The molecule has 7 aromatic carbocycles. The lowest BCUT2D eigenvalue weighted by molar-refractivity contribution is 0.669. The maximum Gasteiger partial charge on any atom is 0.164 e. The van der Waals surface area contributed by atoms with Crippen molar-refractivity contribution in [3.05, 3.63) is 193 Å². The van der Waals surface area contributed by atoms with E-state index in [9.17, 15) is 0 Å². The molecular weight excluding hydrogens is 723 g/mol. The van der Waals surface area contributed by atoms with Crippen LogP contribution in [0.3, 0.4) is 0 Å². The van der Waals surface area contributed by atoms with E-state index in [0.29, 0.717) is 17.5 Å². The molecule has 0 radical (unpaired) electrons. The average Bonchev–Trinajstić information content (AvgIpc) is 3.85. The molecule has 0 saturated carbocycles. The zero-order chi connectivity index (χ0) is 39.3. The van der Waals surface area contributed by atoms with E-state index in [0.717, 1.165) is 57.0 Å². The van der Waals surface area contributed by atoms with Crippen molar-refractivity contribution in [1.29, 1.82) is 0 Å². The summed E-state index contributed by atoms with van der Waals surface area (Å²) in [5.74, 6) is 1.85. The summed E-state index contributed by atoms with van der Waals surface area (Å²) in [4.78, 5) is 17.5. The Balaban J connectivity index is 0.919. The third-order valence-electron chi connectivity index (χ3n) is 11.5. The summed E-state index contributed by atoms with van der Waals surface area (Å²) in [6.07, 6.45) is 6.80. The second-order valence-electron chi connectivity index (χ2n) is 15.3. The van der Waals surface area contributed by atoms with Gasteiger partial charge in [0, 0.05) is 33.2 Å². The molecule has 0 spiro atoms. The Morgan fingerprint density at radius 2 is 1.15 bits per heavy atom. The molecule has 59 heavy (non-hydrogen) atoms. The van der Waals surface area contributed by atoms with Crippen LogP contribution in [0, 0.1) is 0 Å². The highest BCUT2D eigenvalue weighted by Gasteiger charge is 2.26. The Labute approximate surface area is 342 Å². The zero-order valence-electron chi connectivity index (χ0n) is 32.5. The second kappa shape index (κ2) is 14.4. The summed E-state index contributed by atoms with van der Waals surface area (Å²) in [5.41, 5.74) is 15.2. The number of nitrogens with zero attached hydrogens (tertiary/aromatic N) is 4. The fraction of sp³-hybridized carbons (Fsp3) is 0.0755. The normalized spacial score (nSPS) is 14.9. The topological polar surface area (TPSA) is 67.1 Å². The first-order chi connectivity index (χ1) is 29.1.